The Balaban J connectivity index is 2.59. The van der Waals surface area contributed by atoms with E-state index >= 15 is 0 Å². The second-order valence-electron chi connectivity index (χ2n) is 3.66. The maximum atomic E-state index is 11.8. The van der Waals surface area contributed by atoms with E-state index in [4.69, 9.17) is 5.11 Å². The largest absolute Gasteiger partial charge is 0.465 e. The zero-order valence-corrected chi connectivity index (χ0v) is 10.3. The Hall–Kier alpha value is -1.11. The molecule has 0 saturated carbocycles. The number of hydrogen-bond acceptors (Lipinski definition) is 3. The van der Waals surface area contributed by atoms with E-state index < -0.39 is 22.9 Å². The van der Waals surface area contributed by atoms with Crippen molar-refractivity contribution in [2.75, 3.05) is 6.54 Å². The van der Waals surface area contributed by atoms with E-state index in [9.17, 15) is 14.4 Å². The predicted octanol–water partition coefficient (Wildman–Crippen LogP) is 0.111. The van der Waals surface area contributed by atoms with Crippen LogP contribution >= 0.6 is 15.9 Å². The molecule has 1 aliphatic rings. The minimum atomic E-state index is -1.25. The van der Waals surface area contributed by atoms with Crippen LogP contribution in [0.15, 0.2) is 0 Å². The Morgan fingerprint density at radius 2 is 2.25 bits per heavy atom. The van der Waals surface area contributed by atoms with E-state index in [1.165, 1.54) is 6.92 Å². The molecule has 7 heteroatoms. The summed E-state index contributed by atoms with van der Waals surface area (Å²) in [5, 5.41) is 13.2. The minimum Gasteiger partial charge on any atom is -0.465 e. The van der Waals surface area contributed by atoms with Crippen LogP contribution < -0.4 is 10.6 Å². The van der Waals surface area contributed by atoms with Gasteiger partial charge in [0.15, 0.2) is 5.78 Å². The number of halogens is 1. The fraction of sp³-hybridized carbons (Fsp3) is 0.667. The van der Waals surface area contributed by atoms with Crippen LogP contribution in [0, 0.1) is 5.92 Å². The molecule has 90 valence electrons. The molecule has 0 aromatic carbocycles. The Morgan fingerprint density at radius 1 is 1.62 bits per heavy atom. The average Bonchev–Trinajstić information content (AvgIpc) is 2.61. The summed E-state index contributed by atoms with van der Waals surface area (Å²) in [5.74, 6) is -0.909. The molecule has 2 amide bonds. The molecule has 1 rings (SSSR count). The van der Waals surface area contributed by atoms with Crippen LogP contribution in [0.4, 0.5) is 4.79 Å². The van der Waals surface area contributed by atoms with Gasteiger partial charge < -0.3 is 15.7 Å². The number of alkyl halides is 1. The van der Waals surface area contributed by atoms with Crippen LogP contribution in [0.3, 0.4) is 0 Å². The minimum absolute atomic E-state index is 0.169. The highest BCUT2D eigenvalue weighted by Crippen LogP contribution is 2.22. The summed E-state index contributed by atoms with van der Waals surface area (Å²) >= 11 is 3.16. The molecule has 3 atom stereocenters. The van der Waals surface area contributed by atoms with E-state index in [0.29, 0.717) is 13.0 Å². The highest BCUT2D eigenvalue weighted by atomic mass is 79.9. The van der Waals surface area contributed by atoms with E-state index in [1.807, 2.05) is 0 Å². The second kappa shape index (κ2) is 5.29. The lowest BCUT2D eigenvalue weighted by molar-refractivity contribution is -0.127. The molecule has 6 nitrogen and oxygen atoms in total. The summed E-state index contributed by atoms with van der Waals surface area (Å²) in [5.41, 5.74) is 0. The smallest absolute Gasteiger partial charge is 0.405 e. The molecule has 16 heavy (non-hydrogen) atoms. The van der Waals surface area contributed by atoms with Crippen LogP contribution in [-0.2, 0) is 9.59 Å². The molecular formula is C9H13BrN2O4. The summed E-state index contributed by atoms with van der Waals surface area (Å²) < 4.78 is 0. The molecule has 0 spiro atoms. The van der Waals surface area contributed by atoms with Crippen molar-refractivity contribution >= 4 is 33.7 Å². The maximum Gasteiger partial charge on any atom is 0.405 e. The van der Waals surface area contributed by atoms with Crippen molar-refractivity contribution in [2.45, 2.75) is 24.2 Å². The Morgan fingerprint density at radius 3 is 2.69 bits per heavy atom. The van der Waals surface area contributed by atoms with Gasteiger partial charge in [0.25, 0.3) is 0 Å². The molecule has 0 aliphatic carbocycles. The van der Waals surface area contributed by atoms with Crippen LogP contribution in [0.25, 0.3) is 0 Å². The van der Waals surface area contributed by atoms with E-state index in [1.54, 1.807) is 0 Å². The number of carboxylic acid groups (broad SMARTS) is 1. The highest BCUT2D eigenvalue weighted by Gasteiger charge is 2.36. The van der Waals surface area contributed by atoms with Crippen LogP contribution in [0.2, 0.25) is 0 Å². The average molecular weight is 293 g/mol. The lowest BCUT2D eigenvalue weighted by atomic mass is 9.98. The number of Topliss-reactive ketones (excluding diaryl/α,β-unsaturated/α-hetero) is 1. The Labute approximate surface area is 101 Å². The zero-order chi connectivity index (χ0) is 12.3. The molecule has 1 saturated heterocycles. The zero-order valence-electron chi connectivity index (χ0n) is 8.70. The summed E-state index contributed by atoms with van der Waals surface area (Å²) in [6.07, 6.45) is -0.670. The fourth-order valence-electron chi connectivity index (χ4n) is 1.59. The molecule has 1 aliphatic heterocycles. The van der Waals surface area contributed by atoms with Gasteiger partial charge in [0, 0.05) is 6.54 Å². The van der Waals surface area contributed by atoms with Gasteiger partial charge in [0.1, 0.15) is 0 Å². The molecule has 1 fully saturated rings. The van der Waals surface area contributed by atoms with Gasteiger partial charge >= 0.3 is 6.09 Å². The molecular weight excluding hydrogens is 280 g/mol. The monoisotopic (exact) mass is 292 g/mol. The van der Waals surface area contributed by atoms with E-state index in [2.05, 4.69) is 26.6 Å². The van der Waals surface area contributed by atoms with Gasteiger partial charge in [0.2, 0.25) is 5.91 Å². The predicted molar refractivity (Wildman–Crippen MR) is 59.5 cm³/mol. The van der Waals surface area contributed by atoms with Crippen molar-refractivity contribution in [1.82, 2.24) is 10.6 Å². The van der Waals surface area contributed by atoms with Crippen molar-refractivity contribution in [3.8, 4) is 0 Å². The van der Waals surface area contributed by atoms with E-state index in [0.717, 1.165) is 0 Å². The molecule has 3 N–H and O–H groups in total. The van der Waals surface area contributed by atoms with Gasteiger partial charge in [-0.2, -0.15) is 0 Å². The number of hydrogen-bond donors (Lipinski definition) is 3. The normalized spacial score (nSPS) is 23.4. The van der Waals surface area contributed by atoms with Gasteiger partial charge in [0.05, 0.1) is 16.8 Å². The second-order valence-corrected chi connectivity index (χ2v) is 4.65. The fourth-order valence-corrected chi connectivity index (χ4v) is 2.49. The number of rotatable bonds is 4. The third-order valence-electron chi connectivity index (χ3n) is 2.48. The summed E-state index contributed by atoms with van der Waals surface area (Å²) in [6, 6.07) is -0.824. The Bertz CT molecular complexity index is 321. The molecule has 0 aromatic heterocycles. The third-order valence-corrected chi connectivity index (χ3v) is 3.57. The van der Waals surface area contributed by atoms with Crippen molar-refractivity contribution < 1.29 is 19.5 Å². The third kappa shape index (κ3) is 2.94. The van der Waals surface area contributed by atoms with Crippen molar-refractivity contribution in [3.05, 3.63) is 0 Å². The van der Waals surface area contributed by atoms with Crippen molar-refractivity contribution in [1.29, 1.82) is 0 Å². The standard InChI is InChI=1S/C9H13BrN2O4/c1-4(12-9(15)16)7(13)6(10)5-2-3-11-8(5)14/h4-6,12H,2-3H2,1H3,(H,11,14)(H,15,16)/t4?,5-,6+/m1/s1. The molecule has 1 heterocycles. The first-order valence-corrected chi connectivity index (χ1v) is 5.80. The summed E-state index contributed by atoms with van der Waals surface area (Å²) in [4.78, 5) is 32.8. The first-order valence-electron chi connectivity index (χ1n) is 4.88. The lowest BCUT2D eigenvalue weighted by Crippen LogP contribution is -2.44. The first-order chi connectivity index (χ1) is 7.43. The van der Waals surface area contributed by atoms with E-state index in [-0.39, 0.29) is 11.7 Å². The van der Waals surface area contributed by atoms with Crippen LogP contribution in [-0.4, -0.2) is 40.3 Å². The van der Waals surface area contributed by atoms with Gasteiger partial charge in [-0.1, -0.05) is 15.9 Å². The number of ketones is 1. The molecule has 0 bridgehead atoms. The van der Waals surface area contributed by atoms with Crippen molar-refractivity contribution in [2.24, 2.45) is 5.92 Å². The highest BCUT2D eigenvalue weighted by molar-refractivity contribution is 9.10. The summed E-state index contributed by atoms with van der Waals surface area (Å²) in [6.45, 7) is 2.01. The van der Waals surface area contributed by atoms with Gasteiger partial charge in [-0.25, -0.2) is 4.79 Å². The Kier molecular flexibility index (Phi) is 4.28. The van der Waals surface area contributed by atoms with Crippen LogP contribution in [0.5, 0.6) is 0 Å². The first kappa shape index (κ1) is 13.0. The number of carbonyl (C=O) groups is 3. The quantitative estimate of drug-likeness (QED) is 0.641. The maximum absolute atomic E-state index is 11.8. The van der Waals surface area contributed by atoms with Crippen LogP contribution in [0.1, 0.15) is 13.3 Å². The van der Waals surface area contributed by atoms with Crippen molar-refractivity contribution in [3.63, 3.8) is 0 Å². The molecule has 0 radical (unpaired) electrons. The molecule has 0 aromatic rings. The van der Waals surface area contributed by atoms with Gasteiger partial charge in [-0.3, -0.25) is 9.59 Å². The number of nitrogens with one attached hydrogen (secondary N) is 2. The van der Waals surface area contributed by atoms with Gasteiger partial charge in [-0.15, -0.1) is 0 Å². The topological polar surface area (TPSA) is 95.5 Å². The summed E-state index contributed by atoms with van der Waals surface area (Å²) in [7, 11) is 0. The number of carbonyl (C=O) groups excluding carboxylic acids is 2. The molecule has 1 unspecified atom stereocenters. The number of amides is 2. The van der Waals surface area contributed by atoms with Gasteiger partial charge in [-0.05, 0) is 13.3 Å². The lowest BCUT2D eigenvalue weighted by Gasteiger charge is -2.18. The SMILES string of the molecule is CC(NC(=O)O)C(=O)[C@@H](Br)[C@H]1CCNC1=O.